The van der Waals surface area contributed by atoms with E-state index in [0.717, 1.165) is 16.7 Å². The van der Waals surface area contributed by atoms with Gasteiger partial charge >= 0.3 is 5.97 Å². The molecule has 23 heavy (non-hydrogen) atoms. The Labute approximate surface area is 134 Å². The van der Waals surface area contributed by atoms with Crippen LogP contribution in [0.15, 0.2) is 59.2 Å². The predicted octanol–water partition coefficient (Wildman–Crippen LogP) is 4.06. The van der Waals surface area contributed by atoms with E-state index in [0.29, 0.717) is 24.4 Å². The average Bonchev–Trinajstić information content (AvgIpc) is 2.87. The summed E-state index contributed by atoms with van der Waals surface area (Å²) in [5, 5.41) is 0. The monoisotopic (exact) mass is 309 g/mol. The van der Waals surface area contributed by atoms with Crippen molar-refractivity contribution in [2.75, 3.05) is 0 Å². The van der Waals surface area contributed by atoms with Gasteiger partial charge in [0.1, 0.15) is 5.82 Å². The second-order valence-electron chi connectivity index (χ2n) is 5.47. The summed E-state index contributed by atoms with van der Waals surface area (Å²) in [5.41, 5.74) is 3.32. The van der Waals surface area contributed by atoms with Gasteiger partial charge < -0.3 is 4.74 Å². The van der Waals surface area contributed by atoms with Crippen molar-refractivity contribution in [1.82, 2.24) is 0 Å². The molecule has 0 unspecified atom stereocenters. The summed E-state index contributed by atoms with van der Waals surface area (Å²) in [5.74, 6) is -0.291. The molecule has 3 nitrogen and oxygen atoms in total. The van der Waals surface area contributed by atoms with Gasteiger partial charge in [0.05, 0.1) is 0 Å². The number of rotatable bonds is 4. The SMILES string of the molecule is Cc1cccc(/C=C2/N=C(CCc3ccc(F)cc3)OC2=O)c1. The molecular formula is C19H16FNO2. The van der Waals surface area contributed by atoms with Gasteiger partial charge in [0, 0.05) is 6.42 Å². The van der Waals surface area contributed by atoms with E-state index in [2.05, 4.69) is 4.99 Å². The smallest absolute Gasteiger partial charge is 0.363 e. The fourth-order valence-electron chi connectivity index (χ4n) is 2.38. The largest absolute Gasteiger partial charge is 0.407 e. The van der Waals surface area contributed by atoms with Crippen molar-refractivity contribution in [3.05, 3.63) is 76.7 Å². The van der Waals surface area contributed by atoms with E-state index in [-0.39, 0.29) is 5.82 Å². The molecule has 0 radical (unpaired) electrons. The second kappa shape index (κ2) is 6.57. The number of cyclic esters (lactones) is 1. The number of halogens is 1. The molecule has 3 rings (SSSR count). The molecule has 4 heteroatoms. The molecule has 2 aromatic rings. The van der Waals surface area contributed by atoms with Crippen LogP contribution in [0.1, 0.15) is 23.1 Å². The molecule has 1 heterocycles. The molecule has 116 valence electrons. The molecule has 0 atom stereocenters. The van der Waals surface area contributed by atoms with Crippen molar-refractivity contribution in [3.63, 3.8) is 0 Å². The molecule has 0 amide bonds. The molecule has 0 N–H and O–H groups in total. The Bertz CT molecular complexity index is 791. The van der Waals surface area contributed by atoms with Crippen molar-refractivity contribution in [3.8, 4) is 0 Å². The lowest BCUT2D eigenvalue weighted by atomic mass is 10.1. The van der Waals surface area contributed by atoms with Gasteiger partial charge in [0.2, 0.25) is 0 Å². The lowest BCUT2D eigenvalue weighted by Gasteiger charge is -2.00. The maximum atomic E-state index is 12.9. The first-order valence-corrected chi connectivity index (χ1v) is 7.43. The number of aryl methyl sites for hydroxylation is 2. The highest BCUT2D eigenvalue weighted by Crippen LogP contribution is 2.18. The molecule has 0 aromatic heterocycles. The minimum absolute atomic E-state index is 0.262. The molecule has 1 aliphatic heterocycles. The molecule has 2 aromatic carbocycles. The highest BCUT2D eigenvalue weighted by molar-refractivity contribution is 6.07. The van der Waals surface area contributed by atoms with Crippen molar-refractivity contribution >= 4 is 17.9 Å². The van der Waals surface area contributed by atoms with Gasteiger partial charge in [-0.05, 0) is 42.7 Å². The Morgan fingerprint density at radius 3 is 2.65 bits per heavy atom. The van der Waals surface area contributed by atoms with Crippen LogP contribution in [0.25, 0.3) is 6.08 Å². The van der Waals surface area contributed by atoms with Crippen molar-refractivity contribution in [2.45, 2.75) is 19.8 Å². The first kappa shape index (κ1) is 15.2. The third kappa shape index (κ3) is 3.92. The standard InChI is InChI=1S/C19H16FNO2/c1-13-3-2-4-15(11-13)12-17-19(22)23-18(21-17)10-7-14-5-8-16(20)9-6-14/h2-6,8-9,11-12H,7,10H2,1H3/b17-12+. The van der Waals surface area contributed by atoms with Gasteiger partial charge in [-0.1, -0.05) is 42.0 Å². The van der Waals surface area contributed by atoms with E-state index in [9.17, 15) is 9.18 Å². The molecule has 0 saturated carbocycles. The molecule has 0 spiro atoms. The third-order valence-corrected chi connectivity index (χ3v) is 3.55. The van der Waals surface area contributed by atoms with Crippen molar-refractivity contribution < 1.29 is 13.9 Å². The first-order chi connectivity index (χ1) is 11.1. The van der Waals surface area contributed by atoms with E-state index in [1.165, 1.54) is 12.1 Å². The Balaban J connectivity index is 1.70. The third-order valence-electron chi connectivity index (χ3n) is 3.55. The fourth-order valence-corrected chi connectivity index (χ4v) is 2.38. The quantitative estimate of drug-likeness (QED) is 0.631. The topological polar surface area (TPSA) is 38.7 Å². The van der Waals surface area contributed by atoms with Crippen LogP contribution in [-0.2, 0) is 16.0 Å². The summed E-state index contributed by atoms with van der Waals surface area (Å²) < 4.78 is 18.1. The Morgan fingerprint density at radius 1 is 1.13 bits per heavy atom. The van der Waals surface area contributed by atoms with E-state index in [1.54, 1.807) is 18.2 Å². The number of benzene rings is 2. The van der Waals surface area contributed by atoms with Crippen LogP contribution < -0.4 is 0 Å². The molecule has 0 bridgehead atoms. The van der Waals surface area contributed by atoms with Crippen LogP contribution in [0, 0.1) is 12.7 Å². The van der Waals surface area contributed by atoms with E-state index in [1.807, 2.05) is 31.2 Å². The lowest BCUT2D eigenvalue weighted by molar-refractivity contribution is -0.130. The summed E-state index contributed by atoms with van der Waals surface area (Å²) in [7, 11) is 0. The van der Waals surface area contributed by atoms with Crippen LogP contribution in [0.4, 0.5) is 4.39 Å². The molecule has 0 aliphatic carbocycles. The highest BCUT2D eigenvalue weighted by Gasteiger charge is 2.22. The summed E-state index contributed by atoms with van der Waals surface area (Å²) in [4.78, 5) is 16.1. The van der Waals surface area contributed by atoms with Gasteiger partial charge in [-0.15, -0.1) is 0 Å². The molecular weight excluding hydrogens is 293 g/mol. The zero-order chi connectivity index (χ0) is 16.2. The van der Waals surface area contributed by atoms with Crippen LogP contribution in [-0.4, -0.2) is 11.9 Å². The summed E-state index contributed by atoms with van der Waals surface area (Å²) in [6.07, 6.45) is 2.87. The van der Waals surface area contributed by atoms with Crippen LogP contribution in [0.5, 0.6) is 0 Å². The van der Waals surface area contributed by atoms with Gasteiger partial charge in [-0.25, -0.2) is 14.2 Å². The van der Waals surface area contributed by atoms with Crippen LogP contribution >= 0.6 is 0 Å². The fraction of sp³-hybridized carbons (Fsp3) is 0.158. The van der Waals surface area contributed by atoms with Gasteiger partial charge in [0.15, 0.2) is 11.6 Å². The Kier molecular flexibility index (Phi) is 4.33. The van der Waals surface area contributed by atoms with Gasteiger partial charge in [-0.2, -0.15) is 0 Å². The van der Waals surface area contributed by atoms with Crippen molar-refractivity contribution in [2.24, 2.45) is 4.99 Å². The van der Waals surface area contributed by atoms with Crippen molar-refractivity contribution in [1.29, 1.82) is 0 Å². The summed E-state index contributed by atoms with van der Waals surface area (Å²) in [6, 6.07) is 14.1. The molecule has 1 aliphatic rings. The van der Waals surface area contributed by atoms with E-state index in [4.69, 9.17) is 4.74 Å². The number of nitrogens with zero attached hydrogens (tertiary/aromatic N) is 1. The number of hydrogen-bond acceptors (Lipinski definition) is 3. The number of hydrogen-bond donors (Lipinski definition) is 0. The minimum Gasteiger partial charge on any atom is -0.407 e. The number of carbonyl (C=O) groups is 1. The summed E-state index contributed by atoms with van der Waals surface area (Å²) >= 11 is 0. The second-order valence-corrected chi connectivity index (χ2v) is 5.47. The predicted molar refractivity (Wildman–Crippen MR) is 87.4 cm³/mol. The number of ether oxygens (including phenoxy) is 1. The molecule has 0 fully saturated rings. The maximum Gasteiger partial charge on any atom is 0.363 e. The zero-order valence-corrected chi connectivity index (χ0v) is 12.8. The number of aliphatic imine (C=N–C) groups is 1. The maximum absolute atomic E-state index is 12.9. The summed E-state index contributed by atoms with van der Waals surface area (Å²) in [6.45, 7) is 1.99. The van der Waals surface area contributed by atoms with Gasteiger partial charge in [-0.3, -0.25) is 0 Å². The Hall–Kier alpha value is -2.75. The minimum atomic E-state index is -0.430. The van der Waals surface area contributed by atoms with Crippen LogP contribution in [0.2, 0.25) is 0 Å². The normalized spacial score (nSPS) is 15.7. The number of carbonyl (C=O) groups excluding carboxylic acids is 1. The highest BCUT2D eigenvalue weighted by atomic mass is 19.1. The van der Waals surface area contributed by atoms with E-state index < -0.39 is 5.97 Å². The van der Waals surface area contributed by atoms with Gasteiger partial charge in [0.25, 0.3) is 0 Å². The van der Waals surface area contributed by atoms with Crippen LogP contribution in [0.3, 0.4) is 0 Å². The van der Waals surface area contributed by atoms with E-state index >= 15 is 0 Å². The Morgan fingerprint density at radius 2 is 1.91 bits per heavy atom. The molecule has 0 saturated heterocycles. The first-order valence-electron chi connectivity index (χ1n) is 7.43. The lowest BCUT2D eigenvalue weighted by Crippen LogP contribution is -2.05. The number of esters is 1. The average molecular weight is 309 g/mol. The zero-order valence-electron chi connectivity index (χ0n) is 12.8.